The highest BCUT2D eigenvalue weighted by atomic mass is 127. The molecular formula is C13H15IN4O3S. The number of hydrogen-bond donors (Lipinski definition) is 1. The zero-order chi connectivity index (χ0) is 16.7. The van der Waals surface area contributed by atoms with E-state index in [-0.39, 0.29) is 11.6 Å². The van der Waals surface area contributed by atoms with Crippen molar-refractivity contribution in [2.75, 3.05) is 6.54 Å². The average molecular weight is 434 g/mol. The van der Waals surface area contributed by atoms with Crippen molar-refractivity contribution in [3.05, 3.63) is 47.5 Å². The normalized spacial score (nSPS) is 9.64. The lowest BCUT2D eigenvalue weighted by Gasteiger charge is -2.04. The lowest BCUT2D eigenvalue weighted by Crippen LogP contribution is -2.23. The van der Waals surface area contributed by atoms with Crippen LogP contribution in [-0.4, -0.2) is 27.6 Å². The molecule has 0 bridgehead atoms. The molecule has 1 N–H and O–H groups in total. The van der Waals surface area contributed by atoms with Gasteiger partial charge in [0.1, 0.15) is 10.0 Å². The summed E-state index contributed by atoms with van der Waals surface area (Å²) in [5.41, 5.74) is 0.267. The zero-order valence-corrected chi connectivity index (χ0v) is 15.3. The molecule has 1 amide bonds. The second-order valence-electron chi connectivity index (χ2n) is 4.12. The highest BCUT2D eigenvalue weighted by molar-refractivity contribution is 14.1. The molecule has 2 aromatic rings. The van der Waals surface area contributed by atoms with Crippen molar-refractivity contribution in [2.24, 2.45) is 0 Å². The third-order valence-corrected chi connectivity index (χ3v) is 4.06. The molecule has 0 radical (unpaired) electrons. The summed E-state index contributed by atoms with van der Waals surface area (Å²) < 4.78 is 0.698. The van der Waals surface area contributed by atoms with Crippen LogP contribution < -0.4 is 5.32 Å². The number of nitrogens with zero attached hydrogens (tertiary/aromatic N) is 3. The van der Waals surface area contributed by atoms with Crippen molar-refractivity contribution in [3.8, 4) is 0 Å². The van der Waals surface area contributed by atoms with Crippen LogP contribution in [0.1, 0.15) is 27.3 Å². The Hall–Kier alpha value is -1.62. The Morgan fingerprint density at radius 1 is 1.36 bits per heavy atom. The summed E-state index contributed by atoms with van der Waals surface area (Å²) in [6.45, 7) is 6.19. The molecule has 0 saturated heterocycles. The van der Waals surface area contributed by atoms with Crippen molar-refractivity contribution in [3.63, 3.8) is 0 Å². The van der Waals surface area contributed by atoms with Crippen molar-refractivity contribution >= 4 is 45.5 Å². The number of rotatable bonds is 3. The van der Waals surface area contributed by atoms with E-state index >= 15 is 0 Å². The van der Waals surface area contributed by atoms with Crippen LogP contribution >= 0.6 is 33.9 Å². The number of nitrogens with one attached hydrogen (secondary N) is 1. The van der Waals surface area contributed by atoms with Crippen LogP contribution in [0.2, 0.25) is 0 Å². The summed E-state index contributed by atoms with van der Waals surface area (Å²) in [7, 11) is 0. The topological polar surface area (TPSA) is 98.0 Å². The number of halogens is 1. The monoisotopic (exact) mass is 434 g/mol. The number of benzene rings is 1. The van der Waals surface area contributed by atoms with Crippen LogP contribution in [0, 0.1) is 27.5 Å². The molecule has 7 nitrogen and oxygen atoms in total. The van der Waals surface area contributed by atoms with E-state index in [1.807, 2.05) is 36.4 Å². The molecule has 0 aliphatic carbocycles. The summed E-state index contributed by atoms with van der Waals surface area (Å²) >= 11 is 3.59. The van der Waals surface area contributed by atoms with Gasteiger partial charge in [-0.1, -0.05) is 0 Å². The van der Waals surface area contributed by atoms with E-state index in [0.29, 0.717) is 15.7 Å². The van der Waals surface area contributed by atoms with Gasteiger partial charge in [-0.15, -0.1) is 21.5 Å². The standard InChI is InChI=1S/C9H9IN2O3.C4H6N2S/c1-2-11-9(13)7-5-6(12(14)15)3-4-8(7)10;1-3-5-6-4(2)7-3/h3-5H,2H2,1H3,(H,11,13);1-2H3. The number of carbonyl (C=O) groups excluding carboxylic acids is 1. The van der Waals surface area contributed by atoms with Crippen LogP contribution in [0.15, 0.2) is 18.2 Å². The highest BCUT2D eigenvalue weighted by Crippen LogP contribution is 2.19. The molecule has 0 unspecified atom stereocenters. The van der Waals surface area contributed by atoms with Crippen molar-refractivity contribution in [1.82, 2.24) is 15.5 Å². The molecule has 0 atom stereocenters. The molecule has 1 heterocycles. The summed E-state index contributed by atoms with van der Waals surface area (Å²) in [6, 6.07) is 4.22. The van der Waals surface area contributed by atoms with Gasteiger partial charge in [0.05, 0.1) is 10.5 Å². The van der Waals surface area contributed by atoms with Crippen LogP contribution in [0.3, 0.4) is 0 Å². The maximum atomic E-state index is 11.5. The van der Waals surface area contributed by atoms with E-state index in [4.69, 9.17) is 0 Å². The number of amides is 1. The predicted molar refractivity (Wildman–Crippen MR) is 93.2 cm³/mol. The fourth-order valence-corrected chi connectivity index (χ4v) is 2.62. The van der Waals surface area contributed by atoms with Gasteiger partial charge in [0.25, 0.3) is 11.6 Å². The fourth-order valence-electron chi connectivity index (χ4n) is 1.45. The molecule has 0 spiro atoms. The molecule has 1 aromatic heterocycles. The molecule has 0 saturated carbocycles. The van der Waals surface area contributed by atoms with Crippen molar-refractivity contribution in [2.45, 2.75) is 20.8 Å². The van der Waals surface area contributed by atoms with Crippen LogP contribution in [0.5, 0.6) is 0 Å². The van der Waals surface area contributed by atoms with Gasteiger partial charge in [-0.05, 0) is 49.4 Å². The maximum Gasteiger partial charge on any atom is 0.270 e. The van der Waals surface area contributed by atoms with Crippen LogP contribution in [-0.2, 0) is 0 Å². The molecule has 2 rings (SSSR count). The second kappa shape index (κ2) is 8.73. The van der Waals surface area contributed by atoms with Crippen molar-refractivity contribution < 1.29 is 9.72 Å². The summed E-state index contributed by atoms with van der Waals surface area (Å²) in [6.07, 6.45) is 0. The third-order valence-electron chi connectivity index (χ3n) is 2.37. The molecule has 1 aromatic carbocycles. The smallest absolute Gasteiger partial charge is 0.270 e. The van der Waals surface area contributed by atoms with Gasteiger partial charge in [-0.25, -0.2) is 0 Å². The quantitative estimate of drug-likeness (QED) is 0.455. The average Bonchev–Trinajstić information content (AvgIpc) is 2.83. The Labute approximate surface area is 145 Å². The molecule has 0 fully saturated rings. The first-order valence-corrected chi connectivity index (χ1v) is 8.23. The number of nitro groups is 1. The molecule has 9 heteroatoms. The molecule has 0 aliphatic rings. The summed E-state index contributed by atoms with van der Waals surface area (Å²) in [4.78, 5) is 21.5. The first-order chi connectivity index (χ1) is 10.3. The van der Waals surface area contributed by atoms with Gasteiger partial charge >= 0.3 is 0 Å². The van der Waals surface area contributed by atoms with E-state index in [9.17, 15) is 14.9 Å². The Balaban J connectivity index is 0.000000287. The van der Waals surface area contributed by atoms with Crippen LogP contribution in [0.4, 0.5) is 5.69 Å². The third kappa shape index (κ3) is 5.64. The molecule has 118 valence electrons. The summed E-state index contributed by atoms with van der Waals surface area (Å²) in [5.74, 6) is -0.286. The Kier molecular flexibility index (Phi) is 7.32. The number of non-ortho nitro benzene ring substituents is 1. The van der Waals surface area contributed by atoms with E-state index in [2.05, 4.69) is 15.5 Å². The van der Waals surface area contributed by atoms with E-state index in [1.54, 1.807) is 24.3 Å². The molecule has 22 heavy (non-hydrogen) atoms. The SMILES string of the molecule is CCNC(=O)c1cc([N+](=O)[O-])ccc1I.Cc1nnc(C)s1. The predicted octanol–water partition coefficient (Wildman–Crippen LogP) is 3.10. The first kappa shape index (κ1) is 18.4. The minimum absolute atomic E-state index is 0.0725. The van der Waals surface area contributed by atoms with Crippen molar-refractivity contribution in [1.29, 1.82) is 0 Å². The Morgan fingerprint density at radius 3 is 2.36 bits per heavy atom. The largest absolute Gasteiger partial charge is 0.352 e. The fraction of sp³-hybridized carbons (Fsp3) is 0.308. The number of carbonyl (C=O) groups is 1. The van der Waals surface area contributed by atoms with E-state index in [1.165, 1.54) is 12.1 Å². The minimum atomic E-state index is -0.515. The Bertz CT molecular complexity index is 659. The van der Waals surface area contributed by atoms with Crippen LogP contribution in [0.25, 0.3) is 0 Å². The summed E-state index contributed by atoms with van der Waals surface area (Å²) in [5, 5.41) is 22.8. The van der Waals surface area contributed by atoms with Gasteiger partial charge in [0.15, 0.2) is 0 Å². The van der Waals surface area contributed by atoms with Gasteiger partial charge in [0, 0.05) is 22.2 Å². The van der Waals surface area contributed by atoms with E-state index in [0.717, 1.165) is 10.0 Å². The maximum absolute atomic E-state index is 11.5. The number of hydrogen-bond acceptors (Lipinski definition) is 6. The van der Waals surface area contributed by atoms with Gasteiger partial charge in [-0.3, -0.25) is 14.9 Å². The first-order valence-electron chi connectivity index (χ1n) is 6.34. The van der Waals surface area contributed by atoms with E-state index < -0.39 is 4.92 Å². The van der Waals surface area contributed by atoms with Gasteiger partial charge in [-0.2, -0.15) is 0 Å². The zero-order valence-electron chi connectivity index (χ0n) is 12.3. The highest BCUT2D eigenvalue weighted by Gasteiger charge is 2.14. The molecular weight excluding hydrogens is 419 g/mol. The van der Waals surface area contributed by atoms with Gasteiger partial charge in [0.2, 0.25) is 0 Å². The van der Waals surface area contributed by atoms with Gasteiger partial charge < -0.3 is 5.32 Å². The lowest BCUT2D eigenvalue weighted by molar-refractivity contribution is -0.384. The minimum Gasteiger partial charge on any atom is -0.352 e. The number of nitro benzene ring substituents is 1. The number of aryl methyl sites for hydroxylation is 2. The molecule has 0 aliphatic heterocycles. The number of aromatic nitrogens is 2. The second-order valence-corrected chi connectivity index (χ2v) is 6.67. The lowest BCUT2D eigenvalue weighted by atomic mass is 10.2. The Morgan fingerprint density at radius 2 is 1.95 bits per heavy atom.